The topological polar surface area (TPSA) is 138 Å². The fraction of sp³-hybridized carbons (Fsp3) is 0. The summed E-state index contributed by atoms with van der Waals surface area (Å²) in [7, 11) is 0. The number of benzene rings is 1. The van der Waals surface area contributed by atoms with Gasteiger partial charge < -0.3 is 10.4 Å². The number of hydrogen-bond donors (Lipinski definition) is 3. The van der Waals surface area contributed by atoms with Crippen LogP contribution in [0.4, 0.5) is 11.5 Å². The summed E-state index contributed by atoms with van der Waals surface area (Å²) in [6.07, 6.45) is 0. The van der Waals surface area contributed by atoms with Gasteiger partial charge >= 0.3 is 5.97 Å². The summed E-state index contributed by atoms with van der Waals surface area (Å²) in [6.45, 7) is 0. The highest BCUT2D eigenvalue weighted by atomic mass is 127. The number of aromatic carboxylic acids is 1. The molecule has 0 bridgehead atoms. The largest absolute Gasteiger partial charge is 0.477 e. The first kappa shape index (κ1) is 14.9. The van der Waals surface area contributed by atoms with Crippen LogP contribution in [0.25, 0.3) is 0 Å². The quantitative estimate of drug-likeness (QED) is 0.406. The zero-order valence-corrected chi connectivity index (χ0v) is 12.3. The van der Waals surface area contributed by atoms with Gasteiger partial charge in [0.05, 0.1) is 10.5 Å². The van der Waals surface area contributed by atoms with Crippen LogP contribution >= 0.6 is 22.6 Å². The predicted octanol–water partition coefficient (Wildman–Crippen LogP) is 1.87. The SMILES string of the molecule is O=C(O)c1cc(NC(=O)c2cc([N+](=O)[O-])ccc2I)n[nH]1. The lowest BCUT2D eigenvalue weighted by Gasteiger charge is -2.04. The van der Waals surface area contributed by atoms with Gasteiger partial charge in [0.25, 0.3) is 11.6 Å². The van der Waals surface area contributed by atoms with E-state index in [1.54, 1.807) is 0 Å². The molecule has 3 N–H and O–H groups in total. The second kappa shape index (κ2) is 5.87. The molecule has 0 aliphatic rings. The minimum atomic E-state index is -1.21. The molecule has 0 radical (unpaired) electrons. The number of hydrogen-bond acceptors (Lipinski definition) is 5. The van der Waals surface area contributed by atoms with Gasteiger partial charge in [-0.3, -0.25) is 20.0 Å². The molecule has 2 rings (SSSR count). The zero-order chi connectivity index (χ0) is 15.6. The van der Waals surface area contributed by atoms with Crippen molar-refractivity contribution in [3.05, 3.63) is 49.2 Å². The maximum absolute atomic E-state index is 12.0. The Morgan fingerprint density at radius 2 is 2.10 bits per heavy atom. The van der Waals surface area contributed by atoms with E-state index in [9.17, 15) is 19.7 Å². The minimum absolute atomic E-state index is 0.0136. The molecule has 0 saturated carbocycles. The number of aromatic amines is 1. The van der Waals surface area contributed by atoms with Crippen molar-refractivity contribution in [1.82, 2.24) is 10.2 Å². The minimum Gasteiger partial charge on any atom is -0.477 e. The van der Waals surface area contributed by atoms with E-state index >= 15 is 0 Å². The number of non-ortho nitro benzene ring substituents is 1. The molecule has 0 saturated heterocycles. The number of nitrogens with one attached hydrogen (secondary N) is 2. The van der Waals surface area contributed by atoms with Crippen LogP contribution in [0.5, 0.6) is 0 Å². The number of nitro groups is 1. The molecule has 0 unspecified atom stereocenters. The van der Waals surface area contributed by atoms with E-state index in [1.165, 1.54) is 12.1 Å². The Hall–Kier alpha value is -2.50. The third-order valence-corrected chi connectivity index (χ3v) is 3.40. The number of carboxylic acid groups (broad SMARTS) is 1. The monoisotopic (exact) mass is 402 g/mol. The van der Waals surface area contributed by atoms with E-state index < -0.39 is 16.8 Å². The van der Waals surface area contributed by atoms with Crippen molar-refractivity contribution < 1.29 is 19.6 Å². The molecule has 2 aromatic rings. The highest BCUT2D eigenvalue weighted by Crippen LogP contribution is 2.20. The Morgan fingerprint density at radius 1 is 1.38 bits per heavy atom. The molecule has 21 heavy (non-hydrogen) atoms. The molecule has 0 aliphatic carbocycles. The maximum Gasteiger partial charge on any atom is 0.353 e. The molecule has 108 valence electrons. The van der Waals surface area contributed by atoms with Crippen molar-refractivity contribution in [3.63, 3.8) is 0 Å². The van der Waals surface area contributed by atoms with Crippen LogP contribution in [-0.4, -0.2) is 32.1 Å². The number of carboxylic acids is 1. The van der Waals surface area contributed by atoms with Gasteiger partial charge in [-0.2, -0.15) is 5.10 Å². The Balaban J connectivity index is 2.25. The van der Waals surface area contributed by atoms with E-state index in [0.717, 1.165) is 12.1 Å². The van der Waals surface area contributed by atoms with Crippen molar-refractivity contribution in [1.29, 1.82) is 0 Å². The number of halogens is 1. The molecular formula is C11H7IN4O5. The van der Waals surface area contributed by atoms with Crippen LogP contribution in [0.1, 0.15) is 20.8 Å². The first-order chi connectivity index (χ1) is 9.88. The van der Waals surface area contributed by atoms with E-state index in [0.29, 0.717) is 3.57 Å². The molecular weight excluding hydrogens is 395 g/mol. The summed E-state index contributed by atoms with van der Waals surface area (Å²) in [6, 6.07) is 5.02. The number of carbonyl (C=O) groups is 2. The van der Waals surface area contributed by atoms with Crippen molar-refractivity contribution in [3.8, 4) is 0 Å². The number of H-pyrrole nitrogens is 1. The normalized spacial score (nSPS) is 10.1. The van der Waals surface area contributed by atoms with Crippen molar-refractivity contribution in [2.45, 2.75) is 0 Å². The Kier molecular flexibility index (Phi) is 4.16. The summed E-state index contributed by atoms with van der Waals surface area (Å²) in [5.74, 6) is -1.82. The zero-order valence-electron chi connectivity index (χ0n) is 10.2. The molecule has 0 atom stereocenters. The summed E-state index contributed by atoms with van der Waals surface area (Å²) in [5.41, 5.74) is -0.294. The van der Waals surface area contributed by atoms with Gasteiger partial charge in [0.2, 0.25) is 0 Å². The van der Waals surface area contributed by atoms with Crippen LogP contribution in [0.2, 0.25) is 0 Å². The van der Waals surface area contributed by atoms with Crippen molar-refractivity contribution >= 4 is 46.0 Å². The van der Waals surface area contributed by atoms with Gasteiger partial charge in [-0.1, -0.05) is 0 Å². The van der Waals surface area contributed by atoms with Crippen molar-refractivity contribution in [2.75, 3.05) is 5.32 Å². The van der Waals surface area contributed by atoms with Gasteiger partial charge in [-0.25, -0.2) is 4.79 Å². The first-order valence-electron chi connectivity index (χ1n) is 5.42. The van der Waals surface area contributed by atoms with E-state index in [4.69, 9.17) is 5.11 Å². The average molecular weight is 402 g/mol. The first-order valence-corrected chi connectivity index (χ1v) is 6.50. The Bertz CT molecular complexity index is 742. The van der Waals surface area contributed by atoms with Gasteiger partial charge in [0.1, 0.15) is 5.69 Å². The van der Waals surface area contributed by atoms with Crippen LogP contribution in [0, 0.1) is 13.7 Å². The van der Waals surface area contributed by atoms with Crippen LogP contribution in [0.3, 0.4) is 0 Å². The summed E-state index contributed by atoms with van der Waals surface area (Å²) >= 11 is 1.87. The van der Waals surface area contributed by atoms with E-state index in [-0.39, 0.29) is 22.8 Å². The molecule has 1 heterocycles. The second-order valence-corrected chi connectivity index (χ2v) is 5.01. The molecule has 0 fully saturated rings. The van der Waals surface area contributed by atoms with Crippen LogP contribution < -0.4 is 5.32 Å². The molecule has 9 nitrogen and oxygen atoms in total. The van der Waals surface area contributed by atoms with Gasteiger partial charge in [0, 0.05) is 21.8 Å². The fourth-order valence-corrected chi connectivity index (χ4v) is 2.06. The molecule has 0 spiro atoms. The number of carbonyl (C=O) groups excluding carboxylic acids is 1. The molecule has 10 heteroatoms. The second-order valence-electron chi connectivity index (χ2n) is 3.85. The number of rotatable bonds is 4. The number of anilines is 1. The third kappa shape index (κ3) is 3.34. The standard InChI is InChI=1S/C11H7IN4O5/c12-7-2-1-5(16(20)21)3-6(7)10(17)13-9-4-8(11(18)19)14-15-9/h1-4H,(H,18,19)(H2,13,14,15,17). The van der Waals surface area contributed by atoms with Gasteiger partial charge in [0.15, 0.2) is 5.82 Å². The Morgan fingerprint density at radius 3 is 2.67 bits per heavy atom. The van der Waals surface area contributed by atoms with Gasteiger partial charge in [-0.05, 0) is 28.7 Å². The summed E-state index contributed by atoms with van der Waals surface area (Å²) in [5, 5.41) is 27.7. The van der Waals surface area contributed by atoms with Crippen LogP contribution in [-0.2, 0) is 0 Å². The van der Waals surface area contributed by atoms with E-state index in [1.807, 2.05) is 22.6 Å². The highest BCUT2D eigenvalue weighted by Gasteiger charge is 2.17. The molecule has 1 amide bonds. The van der Waals surface area contributed by atoms with Gasteiger partial charge in [-0.15, -0.1) is 0 Å². The fourth-order valence-electron chi connectivity index (χ4n) is 1.48. The third-order valence-electron chi connectivity index (χ3n) is 2.46. The average Bonchev–Trinajstić information content (AvgIpc) is 2.87. The Labute approximate surface area is 130 Å². The van der Waals surface area contributed by atoms with E-state index in [2.05, 4.69) is 15.5 Å². The molecule has 1 aromatic carbocycles. The maximum atomic E-state index is 12.0. The van der Waals surface area contributed by atoms with Crippen LogP contribution in [0.15, 0.2) is 24.3 Å². The van der Waals surface area contributed by atoms with Crippen molar-refractivity contribution in [2.24, 2.45) is 0 Å². The lowest BCUT2D eigenvalue weighted by atomic mass is 10.2. The number of nitrogens with zero attached hydrogens (tertiary/aromatic N) is 2. The highest BCUT2D eigenvalue weighted by molar-refractivity contribution is 14.1. The molecule has 0 aliphatic heterocycles. The molecule has 1 aromatic heterocycles. The predicted molar refractivity (Wildman–Crippen MR) is 79.3 cm³/mol. The summed E-state index contributed by atoms with van der Waals surface area (Å²) < 4.78 is 0.518. The number of aromatic nitrogens is 2. The smallest absolute Gasteiger partial charge is 0.353 e. The number of amides is 1. The lowest BCUT2D eigenvalue weighted by Crippen LogP contribution is -2.14. The lowest BCUT2D eigenvalue weighted by molar-refractivity contribution is -0.384. The summed E-state index contributed by atoms with van der Waals surface area (Å²) in [4.78, 5) is 32.8. The number of nitro benzene ring substituents is 1.